The molecule has 0 heterocycles. The molecule has 2 aromatic carbocycles. The van der Waals surface area contributed by atoms with Gasteiger partial charge in [-0.3, -0.25) is 9.59 Å². The molecule has 0 aliphatic rings. The number of carbonyl (C=O) groups is 2. The fraction of sp³-hybridized carbons (Fsp3) is 0.118. The van der Waals surface area contributed by atoms with Crippen LogP contribution in [0.15, 0.2) is 60.2 Å². The van der Waals surface area contributed by atoms with Gasteiger partial charge in [0.1, 0.15) is 6.42 Å². The second-order valence-electron chi connectivity index (χ2n) is 4.63. The first-order valence-electron chi connectivity index (χ1n) is 6.88. The average Bonchev–Trinajstić information content (AvgIpc) is 2.53. The van der Waals surface area contributed by atoms with E-state index in [-0.39, 0.29) is 12.3 Å². The van der Waals surface area contributed by atoms with Gasteiger partial charge in [-0.1, -0.05) is 48.5 Å². The van der Waals surface area contributed by atoms with Crippen molar-refractivity contribution in [2.24, 2.45) is 5.10 Å². The zero-order chi connectivity index (χ0) is 15.8. The molecular weight excluding hydrogens is 278 g/mol. The second kappa shape index (κ2) is 7.73. The lowest BCUT2D eigenvalue weighted by atomic mass is 10.1. The van der Waals surface area contributed by atoms with Gasteiger partial charge >= 0.3 is 0 Å². The Balaban J connectivity index is 1.95. The number of fused-ring (bicyclic) bond motifs is 1. The van der Waals surface area contributed by atoms with Crippen molar-refractivity contribution in [3.05, 3.63) is 60.7 Å². The maximum Gasteiger partial charge on any atom is 0.249 e. The van der Waals surface area contributed by atoms with Gasteiger partial charge in [-0.05, 0) is 10.8 Å². The maximum absolute atomic E-state index is 11.6. The molecule has 0 aliphatic heterocycles. The molecule has 0 spiro atoms. The number of carbonyl (C=O) groups excluding carboxylic acids is 2. The second-order valence-corrected chi connectivity index (χ2v) is 4.63. The number of hydrazone groups is 1. The standard InChI is InChI=1S/C17H17N3O2/c1-2-10-18-16(21)11-17(22)20-19-12-14-8-5-7-13-6-3-4-9-15(13)14/h2-9,12H,1,10-11H2,(H,18,21)(H,20,22)/b19-12+. The van der Waals surface area contributed by atoms with Crippen LogP contribution in [0.3, 0.4) is 0 Å². The van der Waals surface area contributed by atoms with Gasteiger partial charge in [-0.2, -0.15) is 5.10 Å². The van der Waals surface area contributed by atoms with E-state index in [1.807, 2.05) is 42.5 Å². The molecule has 5 nitrogen and oxygen atoms in total. The van der Waals surface area contributed by atoms with E-state index in [0.717, 1.165) is 16.3 Å². The first-order chi connectivity index (χ1) is 10.7. The molecule has 0 radical (unpaired) electrons. The molecule has 0 bridgehead atoms. The van der Waals surface area contributed by atoms with Crippen LogP contribution in [0, 0.1) is 0 Å². The van der Waals surface area contributed by atoms with Crippen LogP contribution < -0.4 is 10.7 Å². The fourth-order valence-electron chi connectivity index (χ4n) is 1.97. The molecule has 0 fully saturated rings. The van der Waals surface area contributed by atoms with Crippen molar-refractivity contribution in [2.45, 2.75) is 6.42 Å². The van der Waals surface area contributed by atoms with E-state index in [9.17, 15) is 9.59 Å². The lowest BCUT2D eigenvalue weighted by Crippen LogP contribution is -2.29. The van der Waals surface area contributed by atoms with Crippen molar-refractivity contribution in [3.63, 3.8) is 0 Å². The molecular formula is C17H17N3O2. The quantitative estimate of drug-likeness (QED) is 0.370. The Morgan fingerprint density at radius 2 is 1.86 bits per heavy atom. The van der Waals surface area contributed by atoms with Crippen LogP contribution in [-0.4, -0.2) is 24.6 Å². The lowest BCUT2D eigenvalue weighted by Gasteiger charge is -2.02. The Morgan fingerprint density at radius 1 is 1.09 bits per heavy atom. The molecule has 0 saturated heterocycles. The summed E-state index contributed by atoms with van der Waals surface area (Å²) in [6.07, 6.45) is 2.86. The van der Waals surface area contributed by atoms with Gasteiger partial charge in [0, 0.05) is 12.1 Å². The summed E-state index contributed by atoms with van der Waals surface area (Å²) >= 11 is 0. The summed E-state index contributed by atoms with van der Waals surface area (Å²) in [5.41, 5.74) is 3.24. The number of amides is 2. The van der Waals surface area contributed by atoms with E-state index in [1.54, 1.807) is 12.3 Å². The molecule has 0 atom stereocenters. The van der Waals surface area contributed by atoms with Gasteiger partial charge in [-0.15, -0.1) is 6.58 Å². The van der Waals surface area contributed by atoms with Crippen molar-refractivity contribution in [1.82, 2.24) is 10.7 Å². The molecule has 2 N–H and O–H groups in total. The SMILES string of the molecule is C=CCNC(=O)CC(=O)N/N=C/c1cccc2ccccc12. The summed E-state index contributed by atoms with van der Waals surface area (Å²) in [4.78, 5) is 22.9. The van der Waals surface area contributed by atoms with Crippen molar-refractivity contribution < 1.29 is 9.59 Å². The summed E-state index contributed by atoms with van der Waals surface area (Å²) in [6, 6.07) is 13.8. The Morgan fingerprint density at radius 3 is 2.68 bits per heavy atom. The zero-order valence-corrected chi connectivity index (χ0v) is 12.1. The highest BCUT2D eigenvalue weighted by molar-refractivity contribution is 6.00. The van der Waals surface area contributed by atoms with Crippen molar-refractivity contribution >= 4 is 28.8 Å². The van der Waals surface area contributed by atoms with Gasteiger partial charge in [0.2, 0.25) is 11.8 Å². The third-order valence-corrected chi connectivity index (χ3v) is 2.98. The zero-order valence-electron chi connectivity index (χ0n) is 12.1. The largest absolute Gasteiger partial charge is 0.352 e. The van der Waals surface area contributed by atoms with E-state index in [4.69, 9.17) is 0 Å². The van der Waals surface area contributed by atoms with Gasteiger partial charge < -0.3 is 5.32 Å². The van der Waals surface area contributed by atoms with E-state index in [1.165, 1.54) is 0 Å². The van der Waals surface area contributed by atoms with Gasteiger partial charge in [0.25, 0.3) is 0 Å². The average molecular weight is 295 g/mol. The van der Waals surface area contributed by atoms with Crippen molar-refractivity contribution in [1.29, 1.82) is 0 Å². The van der Waals surface area contributed by atoms with Crippen LogP contribution in [0.5, 0.6) is 0 Å². The summed E-state index contributed by atoms with van der Waals surface area (Å²) in [5, 5.41) is 8.57. The highest BCUT2D eigenvalue weighted by Gasteiger charge is 2.07. The fourth-order valence-corrected chi connectivity index (χ4v) is 1.97. The van der Waals surface area contributed by atoms with Crippen LogP contribution in [-0.2, 0) is 9.59 Å². The van der Waals surface area contributed by atoms with Gasteiger partial charge in [0.05, 0.1) is 6.21 Å². The molecule has 2 rings (SSSR count). The number of benzene rings is 2. The summed E-state index contributed by atoms with van der Waals surface area (Å²) in [5.74, 6) is -0.823. The summed E-state index contributed by atoms with van der Waals surface area (Å²) < 4.78 is 0. The van der Waals surface area contributed by atoms with E-state index >= 15 is 0 Å². The van der Waals surface area contributed by atoms with Gasteiger partial charge in [-0.25, -0.2) is 5.43 Å². The minimum atomic E-state index is -0.460. The molecule has 5 heteroatoms. The van der Waals surface area contributed by atoms with E-state index < -0.39 is 5.91 Å². The summed E-state index contributed by atoms with van der Waals surface area (Å²) in [6.45, 7) is 3.82. The third-order valence-electron chi connectivity index (χ3n) is 2.98. The van der Waals surface area contributed by atoms with Crippen LogP contribution in [0.25, 0.3) is 10.8 Å². The lowest BCUT2D eigenvalue weighted by molar-refractivity contribution is -0.129. The predicted octanol–water partition coefficient (Wildman–Crippen LogP) is 1.98. The monoisotopic (exact) mass is 295 g/mol. The van der Waals surface area contributed by atoms with Crippen LogP contribution >= 0.6 is 0 Å². The smallest absolute Gasteiger partial charge is 0.249 e. The van der Waals surface area contributed by atoms with Crippen LogP contribution in [0.4, 0.5) is 0 Å². The Hall–Kier alpha value is -2.95. The number of rotatable bonds is 6. The number of nitrogens with one attached hydrogen (secondary N) is 2. The molecule has 2 amide bonds. The van der Waals surface area contributed by atoms with Crippen molar-refractivity contribution in [3.8, 4) is 0 Å². The Kier molecular flexibility index (Phi) is 5.43. The van der Waals surface area contributed by atoms with Gasteiger partial charge in [0.15, 0.2) is 0 Å². The number of hydrogen-bond acceptors (Lipinski definition) is 3. The minimum absolute atomic E-state index is 0.263. The van der Waals surface area contributed by atoms with E-state index in [2.05, 4.69) is 22.4 Å². The highest BCUT2D eigenvalue weighted by atomic mass is 16.2. The molecule has 0 unspecified atom stereocenters. The number of hydrogen-bond donors (Lipinski definition) is 2. The Bertz CT molecular complexity index is 717. The maximum atomic E-state index is 11.6. The topological polar surface area (TPSA) is 70.6 Å². The Labute approximate surface area is 128 Å². The summed E-state index contributed by atoms with van der Waals surface area (Å²) in [7, 11) is 0. The van der Waals surface area contributed by atoms with Crippen molar-refractivity contribution in [2.75, 3.05) is 6.54 Å². The molecule has 2 aromatic rings. The highest BCUT2D eigenvalue weighted by Crippen LogP contribution is 2.16. The predicted molar refractivity (Wildman–Crippen MR) is 87.5 cm³/mol. The van der Waals surface area contributed by atoms with E-state index in [0.29, 0.717) is 6.54 Å². The molecule has 0 aromatic heterocycles. The molecule has 0 aliphatic carbocycles. The number of nitrogens with zero attached hydrogens (tertiary/aromatic N) is 1. The minimum Gasteiger partial charge on any atom is -0.352 e. The first-order valence-corrected chi connectivity index (χ1v) is 6.88. The molecule has 0 saturated carbocycles. The van der Waals surface area contributed by atoms with Crippen LogP contribution in [0.2, 0.25) is 0 Å². The normalized spacial score (nSPS) is 10.5. The third kappa shape index (κ3) is 4.28. The molecule has 22 heavy (non-hydrogen) atoms. The van der Waals surface area contributed by atoms with Crippen LogP contribution in [0.1, 0.15) is 12.0 Å². The molecule has 112 valence electrons. The first kappa shape index (κ1) is 15.4.